The highest BCUT2D eigenvalue weighted by molar-refractivity contribution is 7.26. The van der Waals surface area contributed by atoms with Crippen LogP contribution in [0.3, 0.4) is 0 Å². The Morgan fingerprint density at radius 3 is 0.814 bits per heavy atom. The van der Waals surface area contributed by atoms with Gasteiger partial charge >= 0.3 is 0 Å². The molecule has 6 heterocycles. The van der Waals surface area contributed by atoms with Crippen molar-refractivity contribution in [2.45, 2.75) is 30.1 Å². The van der Waals surface area contributed by atoms with Crippen molar-refractivity contribution in [1.82, 2.24) is 44.9 Å². The number of thiophene rings is 3. The molecule has 0 aliphatic heterocycles. The van der Waals surface area contributed by atoms with Crippen molar-refractivity contribution < 1.29 is 0 Å². The molecule has 4 aliphatic rings. The van der Waals surface area contributed by atoms with Gasteiger partial charge in [-0.1, -0.05) is 426 Å². The van der Waals surface area contributed by atoms with E-state index in [9.17, 15) is 0 Å². The van der Waals surface area contributed by atoms with Crippen molar-refractivity contribution in [3.8, 4) is 147 Å². The number of fused-ring (bicyclic) bond motifs is 25. The lowest BCUT2D eigenvalue weighted by Crippen LogP contribution is -2.28. The van der Waals surface area contributed by atoms with Crippen molar-refractivity contribution in [2.24, 2.45) is 0 Å². The van der Waals surface area contributed by atoms with Gasteiger partial charge in [-0.15, -0.1) is 34.0 Å². The standard InChI is InChI=1S/C46H27N3S.C46H29N3S.C36H25N3S/c1-2-12-28(13-3-1)43-47-44(49-45(48-43)30-22-24-35-34-17-7-11-21-41(34)50-42(35)27-30)29-23-25-40-36(26-29)33-16-6-10-20-39(33)46(40)37-18-8-4-14-31(37)32-15-5-9-19-38(32)46;1-4-15-30(16-5-1)43-47-44(31-27-28-35-34-21-11-13-26-40(34)50-41(35)29-31)49-45(48-43)37-23-14-25-39-42(37)36-22-10-12-24-38(36)46(39,32-17-6-2-7-18-32)33-19-8-3-9-20-33;1-36(2)28-16-8-6-14-26(28)32-27(15-10-17-29(32)36)35-38-33(22-11-4-3-5-12-22)37-34(39-35)23-19-20-25-24-13-7-9-18-30(24)40-31(25)21-23/h1-27H;1-29H;3-21H,1-2H3. The van der Waals surface area contributed by atoms with Crippen LogP contribution in [0.1, 0.15) is 69.5 Å². The molecule has 0 saturated carbocycles. The number of aromatic nitrogens is 9. The van der Waals surface area contributed by atoms with Crippen molar-refractivity contribution >= 4 is 94.5 Å². The van der Waals surface area contributed by atoms with E-state index in [1.165, 1.54) is 155 Å². The Kier molecular flexibility index (Phi) is 19.5. The molecule has 29 rings (SSSR count). The second-order valence-electron chi connectivity index (χ2n) is 36.7. The van der Waals surface area contributed by atoms with Gasteiger partial charge in [0, 0.05) is 116 Å². The van der Waals surface area contributed by atoms with E-state index >= 15 is 0 Å². The predicted molar refractivity (Wildman–Crippen MR) is 578 cm³/mol. The maximum Gasteiger partial charge on any atom is 0.164 e. The number of hydrogen-bond acceptors (Lipinski definition) is 12. The molecule has 6 aromatic heterocycles. The Bertz CT molecular complexity index is 9230. The highest BCUT2D eigenvalue weighted by atomic mass is 32.1. The summed E-state index contributed by atoms with van der Waals surface area (Å²) in [6, 6.07) is 162. The van der Waals surface area contributed by atoms with Gasteiger partial charge in [0.1, 0.15) is 0 Å². The van der Waals surface area contributed by atoms with Crippen LogP contribution in [0.15, 0.2) is 455 Å². The minimum absolute atomic E-state index is 0.0910. The molecule has 0 amide bonds. The molecular formula is C128H81N9S3. The molecule has 9 nitrogen and oxygen atoms in total. The van der Waals surface area contributed by atoms with Gasteiger partial charge in [-0.3, -0.25) is 0 Å². The first kappa shape index (κ1) is 82.3. The third-order valence-corrected chi connectivity index (χ3v) is 32.1. The molecule has 25 aromatic rings. The summed E-state index contributed by atoms with van der Waals surface area (Å²) in [5, 5.41) is 7.62. The van der Waals surface area contributed by atoms with Crippen LogP contribution < -0.4 is 0 Å². The highest BCUT2D eigenvalue weighted by Gasteiger charge is 2.52. The van der Waals surface area contributed by atoms with Gasteiger partial charge in [-0.05, 0) is 143 Å². The first-order valence-corrected chi connectivity index (χ1v) is 49.8. The Balaban J connectivity index is 0.000000106. The van der Waals surface area contributed by atoms with Crippen molar-refractivity contribution in [3.05, 3.63) is 511 Å². The summed E-state index contributed by atoms with van der Waals surface area (Å²) < 4.78 is 7.53. The van der Waals surface area contributed by atoms with E-state index in [1.807, 2.05) is 65.9 Å². The summed E-state index contributed by atoms with van der Waals surface area (Å²) in [6.45, 7) is 4.60. The van der Waals surface area contributed by atoms with Crippen LogP contribution >= 0.6 is 34.0 Å². The molecule has 4 aliphatic carbocycles. The molecule has 12 heteroatoms. The number of nitrogens with zero attached hydrogens (tertiary/aromatic N) is 9. The van der Waals surface area contributed by atoms with Gasteiger partial charge in [0.15, 0.2) is 52.4 Å². The van der Waals surface area contributed by atoms with E-state index in [0.29, 0.717) is 52.4 Å². The summed E-state index contributed by atoms with van der Waals surface area (Å²) in [7, 11) is 0. The predicted octanol–water partition coefficient (Wildman–Crippen LogP) is 32.7. The fourth-order valence-corrected chi connectivity index (χ4v) is 25.9. The lowest BCUT2D eigenvalue weighted by Gasteiger charge is -2.33. The Morgan fingerprint density at radius 1 is 0.157 bits per heavy atom. The average molecular weight is 1840 g/mol. The Hall–Kier alpha value is -17.1. The third kappa shape index (κ3) is 13.2. The summed E-state index contributed by atoms with van der Waals surface area (Å²) in [4.78, 5) is 46.2. The third-order valence-electron chi connectivity index (χ3n) is 28.7. The maximum atomic E-state index is 5.29. The van der Waals surface area contributed by atoms with Crippen molar-refractivity contribution in [3.63, 3.8) is 0 Å². The minimum atomic E-state index is -0.505. The molecule has 140 heavy (non-hydrogen) atoms. The van der Waals surface area contributed by atoms with E-state index in [2.05, 4.69) is 414 Å². The van der Waals surface area contributed by atoms with Gasteiger partial charge in [0.05, 0.1) is 10.8 Å². The molecule has 19 aromatic carbocycles. The largest absolute Gasteiger partial charge is 0.208 e. The van der Waals surface area contributed by atoms with Gasteiger partial charge in [0.2, 0.25) is 0 Å². The molecule has 0 unspecified atom stereocenters. The Morgan fingerprint density at radius 2 is 0.414 bits per heavy atom. The van der Waals surface area contributed by atoms with Gasteiger partial charge in [-0.25, -0.2) is 44.9 Å². The van der Waals surface area contributed by atoms with Crippen LogP contribution in [0.2, 0.25) is 0 Å². The lowest BCUT2D eigenvalue weighted by molar-refractivity contribution is 0.660. The number of benzene rings is 19. The van der Waals surface area contributed by atoms with Gasteiger partial charge in [0.25, 0.3) is 0 Å². The normalized spacial score (nSPS) is 13.2. The van der Waals surface area contributed by atoms with E-state index in [0.717, 1.165) is 55.6 Å². The zero-order valence-corrected chi connectivity index (χ0v) is 78.5. The average Bonchev–Trinajstić information content (AvgIpc) is 1.50. The molecule has 0 radical (unpaired) electrons. The molecule has 0 fully saturated rings. The van der Waals surface area contributed by atoms with Crippen molar-refractivity contribution in [2.75, 3.05) is 0 Å². The summed E-state index contributed by atoms with van der Waals surface area (Å²) in [5.41, 5.74) is 30.7. The maximum absolute atomic E-state index is 5.29. The van der Waals surface area contributed by atoms with Gasteiger partial charge < -0.3 is 0 Å². The second kappa shape index (κ2) is 33.1. The van der Waals surface area contributed by atoms with E-state index in [1.54, 1.807) is 22.7 Å². The van der Waals surface area contributed by atoms with Crippen LogP contribution in [0.5, 0.6) is 0 Å². The monoisotopic (exact) mass is 1840 g/mol. The first-order chi connectivity index (χ1) is 69.1. The summed E-state index contributed by atoms with van der Waals surface area (Å²) >= 11 is 5.42. The fourth-order valence-electron chi connectivity index (χ4n) is 22.5. The topological polar surface area (TPSA) is 116 Å². The van der Waals surface area contributed by atoms with E-state index in [-0.39, 0.29) is 10.8 Å². The summed E-state index contributed by atoms with van der Waals surface area (Å²) in [5.74, 6) is 6.05. The zero-order chi connectivity index (χ0) is 92.7. The molecule has 0 bridgehead atoms. The van der Waals surface area contributed by atoms with Gasteiger partial charge in [-0.2, -0.15) is 0 Å². The molecule has 1 spiro atoms. The number of rotatable bonds is 11. The zero-order valence-electron chi connectivity index (χ0n) is 76.1. The van der Waals surface area contributed by atoms with Crippen LogP contribution in [-0.4, -0.2) is 44.9 Å². The molecule has 0 saturated heterocycles. The second-order valence-corrected chi connectivity index (χ2v) is 40.0. The van der Waals surface area contributed by atoms with Crippen molar-refractivity contribution in [1.29, 1.82) is 0 Å². The van der Waals surface area contributed by atoms with E-state index < -0.39 is 5.41 Å². The number of hydrogen-bond donors (Lipinski definition) is 0. The highest BCUT2D eigenvalue weighted by Crippen LogP contribution is 2.64. The molecule has 0 N–H and O–H groups in total. The van der Waals surface area contributed by atoms with Crippen LogP contribution in [-0.2, 0) is 16.2 Å². The fraction of sp³-hybridized carbons (Fsp3) is 0.0391. The molecule has 656 valence electrons. The Labute approximate surface area is 820 Å². The quantitative estimate of drug-likeness (QED) is 0.125. The van der Waals surface area contributed by atoms with Crippen LogP contribution in [0.25, 0.3) is 208 Å². The van der Waals surface area contributed by atoms with Crippen LogP contribution in [0.4, 0.5) is 0 Å². The minimum Gasteiger partial charge on any atom is -0.208 e. The molecule has 0 atom stereocenters. The smallest absolute Gasteiger partial charge is 0.164 e. The molecular weight excluding hydrogens is 1760 g/mol. The lowest BCUT2D eigenvalue weighted by atomic mass is 9.67. The first-order valence-electron chi connectivity index (χ1n) is 47.4. The summed E-state index contributed by atoms with van der Waals surface area (Å²) in [6.07, 6.45) is 0. The van der Waals surface area contributed by atoms with E-state index in [4.69, 9.17) is 44.9 Å². The SMILES string of the molecule is CC1(C)c2ccccc2-c2c(-c3nc(-c4ccccc4)nc(-c4ccc5c(c4)sc4ccccc45)n3)cccc21.c1ccc(-c2nc(-c3ccc4c(c3)-c3ccccc3C43c4ccccc4-c4ccccc43)nc(-c3ccc4c(c3)sc3ccccc34)n2)cc1.c1ccc(-c2nc(-c3ccc4c(c3)sc3ccccc34)nc(-c3cccc4c3-c3ccccc3C4(c3ccccc3)c3ccccc3)n2)cc1. The van der Waals surface area contributed by atoms with Crippen LogP contribution in [0, 0.1) is 0 Å².